The molecule has 0 aliphatic heterocycles. The van der Waals surface area contributed by atoms with Crippen molar-refractivity contribution >= 4 is 34.7 Å². The van der Waals surface area contributed by atoms with E-state index in [-0.39, 0.29) is 24.9 Å². The molecule has 184 valence electrons. The highest BCUT2D eigenvalue weighted by molar-refractivity contribution is 7.12. The van der Waals surface area contributed by atoms with Gasteiger partial charge in [0.15, 0.2) is 0 Å². The van der Waals surface area contributed by atoms with Gasteiger partial charge in [-0.15, -0.1) is 11.3 Å². The third kappa shape index (κ3) is 6.09. The third-order valence-electron chi connectivity index (χ3n) is 5.61. The molecule has 0 bridgehead atoms. The van der Waals surface area contributed by atoms with E-state index in [1.807, 2.05) is 56.3 Å². The van der Waals surface area contributed by atoms with Gasteiger partial charge in [0.05, 0.1) is 24.2 Å². The normalized spacial score (nSPS) is 11.5. The molecule has 3 amide bonds. The first kappa shape index (κ1) is 24.9. The lowest BCUT2D eigenvalue weighted by atomic mass is 10.0. The number of rotatable bonds is 9. The molecule has 0 aliphatic rings. The van der Waals surface area contributed by atoms with Gasteiger partial charge in [0.2, 0.25) is 11.8 Å². The Morgan fingerprint density at radius 3 is 2.39 bits per heavy atom. The zero-order valence-corrected chi connectivity index (χ0v) is 20.9. The van der Waals surface area contributed by atoms with Crippen LogP contribution in [0.15, 0.2) is 88.9 Å². The Hall–Kier alpha value is -4.17. The minimum Gasteiger partial charge on any atom is -0.467 e. The van der Waals surface area contributed by atoms with Gasteiger partial charge in [0.1, 0.15) is 11.8 Å². The van der Waals surface area contributed by atoms with Crippen molar-refractivity contribution in [3.63, 3.8) is 0 Å². The highest BCUT2D eigenvalue weighted by atomic mass is 32.1. The molecule has 36 heavy (non-hydrogen) atoms. The molecule has 4 rings (SSSR count). The first-order chi connectivity index (χ1) is 17.4. The Kier molecular flexibility index (Phi) is 7.97. The zero-order valence-electron chi connectivity index (χ0n) is 20.1. The average Bonchev–Trinajstić information content (AvgIpc) is 3.60. The summed E-state index contributed by atoms with van der Waals surface area (Å²) in [5.41, 5.74) is 3.18. The second kappa shape index (κ2) is 11.5. The van der Waals surface area contributed by atoms with Gasteiger partial charge in [-0.25, -0.2) is 0 Å². The van der Waals surface area contributed by atoms with Crippen molar-refractivity contribution in [3.8, 4) is 0 Å². The summed E-state index contributed by atoms with van der Waals surface area (Å²) in [4.78, 5) is 41.8. The van der Waals surface area contributed by atoms with Gasteiger partial charge in [-0.05, 0) is 60.7 Å². The number of benzene rings is 2. The number of carbonyl (C=O) groups excluding carboxylic acids is 3. The van der Waals surface area contributed by atoms with Gasteiger partial charge in [0, 0.05) is 5.69 Å². The Balaban J connectivity index is 1.67. The monoisotopic (exact) mass is 501 g/mol. The molecular formula is C28H27N3O4S. The Bertz CT molecular complexity index is 1320. The number of anilines is 1. The van der Waals surface area contributed by atoms with E-state index >= 15 is 0 Å². The number of thiophene rings is 1. The van der Waals surface area contributed by atoms with Crippen LogP contribution in [0.1, 0.15) is 38.2 Å². The van der Waals surface area contributed by atoms with Crippen LogP contribution in [0.3, 0.4) is 0 Å². The number of nitrogens with one attached hydrogen (secondary N) is 2. The van der Waals surface area contributed by atoms with Crippen LogP contribution < -0.4 is 15.5 Å². The number of hydrogen-bond donors (Lipinski definition) is 2. The lowest BCUT2D eigenvalue weighted by molar-refractivity contribution is -0.126. The predicted molar refractivity (Wildman–Crippen MR) is 140 cm³/mol. The van der Waals surface area contributed by atoms with Crippen LogP contribution in [-0.2, 0) is 16.1 Å². The first-order valence-electron chi connectivity index (χ1n) is 11.5. The molecule has 0 saturated carbocycles. The van der Waals surface area contributed by atoms with Crippen molar-refractivity contribution in [2.45, 2.75) is 26.4 Å². The van der Waals surface area contributed by atoms with E-state index in [0.29, 0.717) is 21.9 Å². The smallest absolute Gasteiger partial charge is 0.261 e. The van der Waals surface area contributed by atoms with Gasteiger partial charge in [-0.2, -0.15) is 0 Å². The molecule has 0 unspecified atom stereocenters. The van der Waals surface area contributed by atoms with Crippen LogP contribution in [0.2, 0.25) is 0 Å². The van der Waals surface area contributed by atoms with E-state index < -0.39 is 11.9 Å². The minimum absolute atomic E-state index is 0.180. The second-order valence-electron chi connectivity index (χ2n) is 8.37. The lowest BCUT2D eigenvalue weighted by Gasteiger charge is -2.32. The van der Waals surface area contributed by atoms with Gasteiger partial charge >= 0.3 is 0 Å². The molecule has 2 aromatic heterocycles. The van der Waals surface area contributed by atoms with Crippen molar-refractivity contribution in [3.05, 3.63) is 112 Å². The SMILES string of the molecule is Cc1ccc([C@@H](C(=O)NCc2ccco2)N(C(=O)CNC(=O)c2cccs2)c2cccc(C)c2)cc1. The fraction of sp³-hybridized carbons (Fsp3) is 0.179. The van der Waals surface area contributed by atoms with E-state index in [9.17, 15) is 14.4 Å². The number of carbonyl (C=O) groups is 3. The fourth-order valence-corrected chi connectivity index (χ4v) is 4.44. The van der Waals surface area contributed by atoms with Crippen LogP contribution in [0.4, 0.5) is 5.69 Å². The van der Waals surface area contributed by atoms with Crippen molar-refractivity contribution in [2.75, 3.05) is 11.4 Å². The molecule has 2 heterocycles. The molecule has 1 atom stereocenters. The van der Waals surface area contributed by atoms with Crippen LogP contribution in [0, 0.1) is 13.8 Å². The van der Waals surface area contributed by atoms with E-state index in [1.54, 1.807) is 35.7 Å². The maximum absolute atomic E-state index is 13.7. The largest absolute Gasteiger partial charge is 0.467 e. The van der Waals surface area contributed by atoms with E-state index in [2.05, 4.69) is 10.6 Å². The van der Waals surface area contributed by atoms with E-state index in [4.69, 9.17) is 4.42 Å². The molecule has 8 heteroatoms. The number of furan rings is 1. The summed E-state index contributed by atoms with van der Waals surface area (Å²) in [5.74, 6) is -0.515. The molecular weight excluding hydrogens is 474 g/mol. The number of hydrogen-bond acceptors (Lipinski definition) is 5. The quantitative estimate of drug-likeness (QED) is 0.345. The molecule has 4 aromatic rings. The maximum Gasteiger partial charge on any atom is 0.261 e. The summed E-state index contributed by atoms with van der Waals surface area (Å²) in [6, 6.07) is 20.9. The predicted octanol–water partition coefficient (Wildman–Crippen LogP) is 4.78. The van der Waals surface area contributed by atoms with Crippen LogP contribution in [-0.4, -0.2) is 24.3 Å². The van der Waals surface area contributed by atoms with Crippen LogP contribution in [0.5, 0.6) is 0 Å². The summed E-state index contributed by atoms with van der Waals surface area (Å²) in [7, 11) is 0. The highest BCUT2D eigenvalue weighted by Gasteiger charge is 2.33. The van der Waals surface area contributed by atoms with Gasteiger partial charge in [-0.1, -0.05) is 48.0 Å². The Morgan fingerprint density at radius 1 is 0.917 bits per heavy atom. The molecule has 2 aromatic carbocycles. The van der Waals surface area contributed by atoms with Crippen molar-refractivity contribution in [1.82, 2.24) is 10.6 Å². The molecule has 0 aliphatic carbocycles. The molecule has 2 N–H and O–H groups in total. The van der Waals surface area contributed by atoms with Gasteiger partial charge < -0.3 is 15.1 Å². The zero-order chi connectivity index (χ0) is 25.5. The lowest BCUT2D eigenvalue weighted by Crippen LogP contribution is -2.47. The van der Waals surface area contributed by atoms with E-state index in [0.717, 1.165) is 11.1 Å². The summed E-state index contributed by atoms with van der Waals surface area (Å²) in [5, 5.41) is 7.38. The molecule has 0 saturated heterocycles. The Morgan fingerprint density at radius 2 is 1.72 bits per heavy atom. The molecule has 0 spiro atoms. The summed E-state index contributed by atoms with van der Waals surface area (Å²) < 4.78 is 5.35. The fourth-order valence-electron chi connectivity index (χ4n) is 3.80. The number of amides is 3. The Labute approximate surface area is 213 Å². The van der Waals surface area contributed by atoms with Crippen LogP contribution >= 0.6 is 11.3 Å². The topological polar surface area (TPSA) is 91.7 Å². The number of aryl methyl sites for hydroxylation is 2. The summed E-state index contributed by atoms with van der Waals surface area (Å²) >= 11 is 1.29. The van der Waals surface area contributed by atoms with E-state index in [1.165, 1.54) is 22.5 Å². The minimum atomic E-state index is -0.964. The van der Waals surface area contributed by atoms with Crippen LogP contribution in [0.25, 0.3) is 0 Å². The number of nitrogens with zero attached hydrogens (tertiary/aromatic N) is 1. The summed E-state index contributed by atoms with van der Waals surface area (Å²) in [6.45, 7) is 3.79. The average molecular weight is 502 g/mol. The molecule has 7 nitrogen and oxygen atoms in total. The summed E-state index contributed by atoms with van der Waals surface area (Å²) in [6.07, 6.45) is 1.54. The van der Waals surface area contributed by atoms with Crippen molar-refractivity contribution in [2.24, 2.45) is 0 Å². The highest BCUT2D eigenvalue weighted by Crippen LogP contribution is 2.29. The standard InChI is InChI=1S/C28H27N3O4S/c1-19-10-12-21(13-11-19)26(28(34)29-17-23-8-4-14-35-23)31(22-7-3-6-20(2)16-22)25(32)18-30-27(33)24-9-5-15-36-24/h3-16,26H,17-18H2,1-2H3,(H,29,34)(H,30,33)/t26-/m0/s1. The van der Waals surface area contributed by atoms with Crippen molar-refractivity contribution in [1.29, 1.82) is 0 Å². The molecule has 0 fully saturated rings. The molecule has 0 radical (unpaired) electrons. The van der Waals surface area contributed by atoms with Gasteiger partial charge in [-0.3, -0.25) is 19.3 Å². The third-order valence-corrected chi connectivity index (χ3v) is 6.48. The van der Waals surface area contributed by atoms with Gasteiger partial charge in [0.25, 0.3) is 5.91 Å². The van der Waals surface area contributed by atoms with Crippen molar-refractivity contribution < 1.29 is 18.8 Å². The second-order valence-corrected chi connectivity index (χ2v) is 9.32. The first-order valence-corrected chi connectivity index (χ1v) is 12.4. The maximum atomic E-state index is 13.7.